The molecule has 24 heavy (non-hydrogen) atoms. The summed E-state index contributed by atoms with van der Waals surface area (Å²) in [7, 11) is 0. The number of H-pyrrole nitrogens is 1. The number of carbonyl (C=O) groups is 1. The number of ether oxygens (including phenoxy) is 1. The van der Waals surface area contributed by atoms with Gasteiger partial charge in [-0.2, -0.15) is 5.10 Å². The van der Waals surface area contributed by atoms with Crippen molar-refractivity contribution in [2.75, 3.05) is 13.1 Å². The Hall–Kier alpha value is -2.14. The Balaban J connectivity index is 1.43. The minimum absolute atomic E-state index is 0.0107. The molecule has 1 amide bonds. The number of hydrogen-bond acceptors (Lipinski definition) is 3. The molecule has 1 saturated heterocycles. The molecule has 1 N–H and O–H groups in total. The van der Waals surface area contributed by atoms with E-state index in [4.69, 9.17) is 4.74 Å². The van der Waals surface area contributed by atoms with Crippen molar-refractivity contribution in [2.45, 2.75) is 37.9 Å². The van der Waals surface area contributed by atoms with Crippen molar-refractivity contribution >= 4 is 5.91 Å². The first-order valence-corrected chi connectivity index (χ1v) is 8.75. The highest BCUT2D eigenvalue weighted by Crippen LogP contribution is 2.39. The Bertz CT molecular complexity index is 667. The first kappa shape index (κ1) is 15.4. The van der Waals surface area contributed by atoms with E-state index in [1.807, 2.05) is 29.3 Å². The van der Waals surface area contributed by atoms with Crippen molar-refractivity contribution in [2.24, 2.45) is 5.92 Å². The van der Waals surface area contributed by atoms with E-state index in [1.165, 1.54) is 12.8 Å². The lowest BCUT2D eigenvalue weighted by Crippen LogP contribution is -2.47. The summed E-state index contributed by atoms with van der Waals surface area (Å²) in [6.07, 6.45) is 7.52. The molecule has 1 aliphatic heterocycles. The van der Waals surface area contributed by atoms with Crippen molar-refractivity contribution in [3.8, 4) is 0 Å². The standard InChI is InChI=1S/C19H23N3O2/c23-19(9-6-14-10-20-21-11-14)22-12-17(15-4-2-1-3-5-15)24-18(13-22)16-7-8-16/h1-5,10-11,16-18H,6-9,12-13H2,(H,20,21)/t17-,18+/m0/s1. The molecule has 4 rings (SSSR count). The number of carbonyl (C=O) groups excluding carboxylic acids is 1. The number of amides is 1. The van der Waals surface area contributed by atoms with Crippen LogP contribution in [-0.2, 0) is 16.0 Å². The number of nitrogens with zero attached hydrogens (tertiary/aromatic N) is 2. The summed E-state index contributed by atoms with van der Waals surface area (Å²) >= 11 is 0. The second-order valence-electron chi connectivity index (χ2n) is 6.82. The zero-order valence-corrected chi connectivity index (χ0v) is 13.7. The molecule has 0 spiro atoms. The Labute approximate surface area is 142 Å². The van der Waals surface area contributed by atoms with E-state index in [1.54, 1.807) is 6.20 Å². The smallest absolute Gasteiger partial charge is 0.223 e. The van der Waals surface area contributed by atoms with Crippen molar-refractivity contribution in [1.82, 2.24) is 15.1 Å². The van der Waals surface area contributed by atoms with E-state index in [2.05, 4.69) is 22.3 Å². The predicted molar refractivity (Wildman–Crippen MR) is 90.3 cm³/mol. The number of rotatable bonds is 5. The number of aromatic nitrogens is 2. The highest BCUT2D eigenvalue weighted by atomic mass is 16.5. The highest BCUT2D eigenvalue weighted by molar-refractivity contribution is 5.76. The van der Waals surface area contributed by atoms with E-state index in [-0.39, 0.29) is 18.1 Å². The third-order valence-electron chi connectivity index (χ3n) is 4.98. The second-order valence-corrected chi connectivity index (χ2v) is 6.82. The molecule has 1 aromatic heterocycles. The van der Waals surface area contributed by atoms with Gasteiger partial charge in [0.25, 0.3) is 0 Å². The van der Waals surface area contributed by atoms with Crippen LogP contribution in [0.3, 0.4) is 0 Å². The van der Waals surface area contributed by atoms with Crippen LogP contribution >= 0.6 is 0 Å². The van der Waals surface area contributed by atoms with E-state index in [9.17, 15) is 4.79 Å². The molecular formula is C19H23N3O2. The monoisotopic (exact) mass is 325 g/mol. The summed E-state index contributed by atoms with van der Waals surface area (Å²) in [5.74, 6) is 0.840. The Morgan fingerprint density at radius 3 is 2.79 bits per heavy atom. The minimum atomic E-state index is -0.0107. The van der Waals surface area contributed by atoms with Crippen LogP contribution in [0.25, 0.3) is 0 Å². The first-order chi connectivity index (χ1) is 11.8. The molecule has 2 aliphatic rings. The van der Waals surface area contributed by atoms with E-state index in [0.717, 1.165) is 24.1 Å². The maximum atomic E-state index is 12.7. The topological polar surface area (TPSA) is 58.2 Å². The summed E-state index contributed by atoms with van der Waals surface area (Å²) < 4.78 is 6.32. The van der Waals surface area contributed by atoms with Crippen LogP contribution < -0.4 is 0 Å². The molecule has 5 heteroatoms. The van der Waals surface area contributed by atoms with Crippen LogP contribution in [0.15, 0.2) is 42.7 Å². The molecule has 1 saturated carbocycles. The van der Waals surface area contributed by atoms with Gasteiger partial charge >= 0.3 is 0 Å². The number of nitrogens with one attached hydrogen (secondary N) is 1. The van der Waals surface area contributed by atoms with Crippen LogP contribution in [0.4, 0.5) is 0 Å². The van der Waals surface area contributed by atoms with Crippen LogP contribution in [0.5, 0.6) is 0 Å². The van der Waals surface area contributed by atoms with Gasteiger partial charge in [-0.05, 0) is 36.3 Å². The number of benzene rings is 1. The van der Waals surface area contributed by atoms with Crippen molar-refractivity contribution in [3.63, 3.8) is 0 Å². The van der Waals surface area contributed by atoms with Gasteiger partial charge in [0.2, 0.25) is 5.91 Å². The molecule has 2 aromatic rings. The number of hydrogen-bond donors (Lipinski definition) is 1. The van der Waals surface area contributed by atoms with Gasteiger partial charge < -0.3 is 9.64 Å². The first-order valence-electron chi connectivity index (χ1n) is 8.75. The molecule has 0 unspecified atom stereocenters. The Kier molecular flexibility index (Phi) is 4.34. The van der Waals surface area contributed by atoms with Gasteiger partial charge in [0, 0.05) is 19.2 Å². The molecular weight excluding hydrogens is 302 g/mol. The molecule has 5 nitrogen and oxygen atoms in total. The average Bonchev–Trinajstić information content (AvgIpc) is 3.36. The van der Waals surface area contributed by atoms with Crippen molar-refractivity contribution in [3.05, 3.63) is 53.9 Å². The molecule has 2 fully saturated rings. The molecule has 126 valence electrons. The zero-order valence-electron chi connectivity index (χ0n) is 13.7. The largest absolute Gasteiger partial charge is 0.366 e. The predicted octanol–water partition coefficient (Wildman–Crippen LogP) is 2.72. The lowest BCUT2D eigenvalue weighted by molar-refractivity contribution is -0.148. The third kappa shape index (κ3) is 3.51. The van der Waals surface area contributed by atoms with Crippen LogP contribution in [-0.4, -0.2) is 40.2 Å². The van der Waals surface area contributed by atoms with Gasteiger partial charge in [0.1, 0.15) is 6.10 Å². The zero-order chi connectivity index (χ0) is 16.4. The summed E-state index contributed by atoms with van der Waals surface area (Å²) in [6, 6.07) is 10.3. The molecule has 0 bridgehead atoms. The number of aromatic amines is 1. The maximum Gasteiger partial charge on any atom is 0.223 e. The van der Waals surface area contributed by atoms with Gasteiger partial charge in [-0.15, -0.1) is 0 Å². The van der Waals surface area contributed by atoms with Gasteiger partial charge in [-0.25, -0.2) is 0 Å². The maximum absolute atomic E-state index is 12.7. The summed E-state index contributed by atoms with van der Waals surface area (Å²) in [5.41, 5.74) is 2.24. The van der Waals surface area contributed by atoms with Gasteiger partial charge in [0.05, 0.1) is 18.8 Å². The highest BCUT2D eigenvalue weighted by Gasteiger charge is 2.39. The molecule has 0 radical (unpaired) electrons. The quantitative estimate of drug-likeness (QED) is 0.919. The van der Waals surface area contributed by atoms with Crippen molar-refractivity contribution < 1.29 is 9.53 Å². The second kappa shape index (κ2) is 6.77. The van der Waals surface area contributed by atoms with E-state index >= 15 is 0 Å². The molecule has 1 aromatic carbocycles. The number of morpholine rings is 1. The van der Waals surface area contributed by atoms with Crippen LogP contribution in [0.1, 0.15) is 36.5 Å². The summed E-state index contributed by atoms with van der Waals surface area (Å²) in [5, 5.41) is 6.73. The minimum Gasteiger partial charge on any atom is -0.366 e. The van der Waals surface area contributed by atoms with Gasteiger partial charge in [-0.1, -0.05) is 30.3 Å². The van der Waals surface area contributed by atoms with Crippen molar-refractivity contribution in [1.29, 1.82) is 0 Å². The molecule has 2 atom stereocenters. The summed E-state index contributed by atoms with van der Waals surface area (Å²) in [6.45, 7) is 1.38. The van der Waals surface area contributed by atoms with E-state index < -0.39 is 0 Å². The van der Waals surface area contributed by atoms with Gasteiger partial charge in [0.15, 0.2) is 0 Å². The number of aryl methyl sites for hydroxylation is 1. The lowest BCUT2D eigenvalue weighted by atomic mass is 10.0. The van der Waals surface area contributed by atoms with Crippen LogP contribution in [0.2, 0.25) is 0 Å². The lowest BCUT2D eigenvalue weighted by Gasteiger charge is -2.38. The van der Waals surface area contributed by atoms with Crippen LogP contribution in [0, 0.1) is 5.92 Å². The molecule has 1 aliphatic carbocycles. The fraction of sp³-hybridized carbons (Fsp3) is 0.474. The Morgan fingerprint density at radius 1 is 1.25 bits per heavy atom. The van der Waals surface area contributed by atoms with E-state index in [0.29, 0.717) is 18.9 Å². The summed E-state index contributed by atoms with van der Waals surface area (Å²) in [4.78, 5) is 14.7. The van der Waals surface area contributed by atoms with Gasteiger partial charge in [-0.3, -0.25) is 9.89 Å². The Morgan fingerprint density at radius 2 is 2.08 bits per heavy atom. The SMILES string of the molecule is O=C(CCc1cn[nH]c1)N1C[C@@H](c2ccccc2)O[C@@H](C2CC2)C1. The molecule has 2 heterocycles. The normalized spacial score (nSPS) is 24.1. The fourth-order valence-corrected chi connectivity index (χ4v) is 3.40. The third-order valence-corrected chi connectivity index (χ3v) is 4.98. The average molecular weight is 325 g/mol. The fourth-order valence-electron chi connectivity index (χ4n) is 3.40.